The molecule has 17 heavy (non-hydrogen) atoms. The van der Waals surface area contributed by atoms with Crippen molar-refractivity contribution >= 4 is 47.0 Å². The Kier molecular flexibility index (Phi) is 8.12. The molecule has 0 aromatic carbocycles. The fourth-order valence-corrected chi connectivity index (χ4v) is 7.97. The summed E-state index contributed by atoms with van der Waals surface area (Å²) in [7, 11) is 0. The van der Waals surface area contributed by atoms with E-state index in [2.05, 4.69) is 47.0 Å². The predicted molar refractivity (Wildman–Crippen MR) is 90.2 cm³/mol. The van der Waals surface area contributed by atoms with Crippen LogP contribution in [0.25, 0.3) is 0 Å². The summed E-state index contributed by atoms with van der Waals surface area (Å²) in [6.45, 7) is 0. The van der Waals surface area contributed by atoms with Crippen LogP contribution in [0.2, 0.25) is 0 Å². The summed E-state index contributed by atoms with van der Waals surface area (Å²) in [4.78, 5) is 0. The summed E-state index contributed by atoms with van der Waals surface area (Å²) in [5.41, 5.74) is 0. The number of rotatable bonds is 0. The van der Waals surface area contributed by atoms with E-state index < -0.39 is 0 Å². The molecule has 1 aliphatic heterocycles. The summed E-state index contributed by atoms with van der Waals surface area (Å²) < 4.78 is 0. The molecular weight excluding hydrogens is 284 g/mol. The molecule has 0 aromatic rings. The number of thioether (sulfide) groups is 4. The smallest absolute Gasteiger partial charge is 0.0166 e. The van der Waals surface area contributed by atoms with E-state index in [1.165, 1.54) is 66.6 Å². The van der Waals surface area contributed by atoms with Crippen LogP contribution >= 0.6 is 47.0 Å². The summed E-state index contributed by atoms with van der Waals surface area (Å²) in [5.74, 6) is 8.25. The maximum Gasteiger partial charge on any atom is 0.0166 e. The standard InChI is InChI=1S/C13H24S4/c1-2-4-12-13(5-3-1)17-11-9-15-7-6-14-8-10-16-12/h12-13H,1-11H2/t12-,13+. The fourth-order valence-electron chi connectivity index (χ4n) is 2.46. The first-order valence-electron chi connectivity index (χ1n) is 6.85. The van der Waals surface area contributed by atoms with E-state index >= 15 is 0 Å². The molecule has 2 aliphatic rings. The van der Waals surface area contributed by atoms with Crippen molar-refractivity contribution in [2.24, 2.45) is 0 Å². The fraction of sp³-hybridized carbons (Fsp3) is 1.00. The molecule has 4 heteroatoms. The third-order valence-electron chi connectivity index (χ3n) is 3.38. The van der Waals surface area contributed by atoms with E-state index in [0.29, 0.717) is 0 Å². The SMILES string of the molecule is C1CC[C@@H]2SCCSCCSCCS[C@@H]2CC1. The van der Waals surface area contributed by atoms with E-state index in [-0.39, 0.29) is 0 Å². The molecule has 0 N–H and O–H groups in total. The van der Waals surface area contributed by atoms with Gasteiger partial charge < -0.3 is 0 Å². The van der Waals surface area contributed by atoms with Crippen LogP contribution in [0.15, 0.2) is 0 Å². The van der Waals surface area contributed by atoms with Crippen LogP contribution in [-0.4, -0.2) is 45.0 Å². The Morgan fingerprint density at radius 1 is 0.529 bits per heavy atom. The Morgan fingerprint density at radius 2 is 1.00 bits per heavy atom. The zero-order valence-corrected chi connectivity index (χ0v) is 13.8. The molecule has 0 nitrogen and oxygen atoms in total. The van der Waals surface area contributed by atoms with E-state index in [1.807, 2.05) is 0 Å². The zero-order valence-electron chi connectivity index (χ0n) is 10.6. The van der Waals surface area contributed by atoms with Gasteiger partial charge in [-0.25, -0.2) is 0 Å². The molecule has 0 aromatic heterocycles. The van der Waals surface area contributed by atoms with Crippen molar-refractivity contribution in [3.63, 3.8) is 0 Å². The average molecular weight is 309 g/mol. The Bertz CT molecular complexity index is 178. The van der Waals surface area contributed by atoms with Crippen molar-refractivity contribution in [1.29, 1.82) is 0 Å². The number of hydrogen-bond acceptors (Lipinski definition) is 4. The van der Waals surface area contributed by atoms with Gasteiger partial charge in [0.05, 0.1) is 0 Å². The van der Waals surface area contributed by atoms with E-state index in [4.69, 9.17) is 0 Å². The largest absolute Gasteiger partial charge is 0.160 e. The van der Waals surface area contributed by atoms with E-state index in [1.54, 1.807) is 0 Å². The lowest BCUT2D eigenvalue weighted by Crippen LogP contribution is -2.20. The Morgan fingerprint density at radius 3 is 1.53 bits per heavy atom. The van der Waals surface area contributed by atoms with Gasteiger partial charge >= 0.3 is 0 Å². The topological polar surface area (TPSA) is 0 Å². The maximum atomic E-state index is 2.28. The number of fused-ring (bicyclic) bond motifs is 1. The van der Waals surface area contributed by atoms with Crippen molar-refractivity contribution < 1.29 is 0 Å². The van der Waals surface area contributed by atoms with E-state index in [9.17, 15) is 0 Å². The third kappa shape index (κ3) is 5.92. The average Bonchev–Trinajstić information content (AvgIpc) is 2.55. The molecule has 1 heterocycles. The predicted octanol–water partition coefficient (Wildman–Crippen LogP) is 4.63. The molecule has 0 bridgehead atoms. The second-order valence-corrected chi connectivity index (χ2v) is 9.82. The second kappa shape index (κ2) is 9.33. The number of hydrogen-bond donors (Lipinski definition) is 0. The monoisotopic (exact) mass is 308 g/mol. The van der Waals surface area contributed by atoms with Crippen molar-refractivity contribution in [3.05, 3.63) is 0 Å². The Hall–Kier alpha value is 1.40. The second-order valence-electron chi connectivity index (χ2n) is 4.68. The lowest BCUT2D eigenvalue weighted by Gasteiger charge is -2.24. The highest BCUT2D eigenvalue weighted by atomic mass is 32.2. The summed E-state index contributed by atoms with van der Waals surface area (Å²) in [6.07, 6.45) is 7.42. The Labute approximate surface area is 124 Å². The summed E-state index contributed by atoms with van der Waals surface area (Å²) in [5, 5.41) is 1.93. The van der Waals surface area contributed by atoms with Gasteiger partial charge in [0.2, 0.25) is 0 Å². The van der Waals surface area contributed by atoms with Crippen LogP contribution in [0, 0.1) is 0 Å². The first-order valence-corrected chi connectivity index (χ1v) is 11.3. The van der Waals surface area contributed by atoms with Crippen molar-refractivity contribution in [1.82, 2.24) is 0 Å². The molecule has 1 aliphatic carbocycles. The van der Waals surface area contributed by atoms with Gasteiger partial charge in [-0.2, -0.15) is 47.0 Å². The molecule has 0 spiro atoms. The highest BCUT2D eigenvalue weighted by Crippen LogP contribution is 2.36. The van der Waals surface area contributed by atoms with Crippen LogP contribution < -0.4 is 0 Å². The van der Waals surface area contributed by atoms with E-state index in [0.717, 1.165) is 10.5 Å². The minimum absolute atomic E-state index is 0.965. The molecule has 2 fully saturated rings. The van der Waals surface area contributed by atoms with Crippen LogP contribution in [0.4, 0.5) is 0 Å². The molecule has 2 atom stereocenters. The first-order chi connectivity index (χ1) is 8.47. The first kappa shape index (κ1) is 14.8. The van der Waals surface area contributed by atoms with Gasteiger partial charge in [-0.15, -0.1) is 0 Å². The molecular formula is C13H24S4. The normalized spacial score (nSPS) is 33.9. The van der Waals surface area contributed by atoms with Crippen LogP contribution in [0.5, 0.6) is 0 Å². The Balaban J connectivity index is 1.83. The molecule has 0 radical (unpaired) electrons. The third-order valence-corrected chi connectivity index (χ3v) is 9.17. The minimum atomic E-state index is 0.965. The van der Waals surface area contributed by atoms with Gasteiger partial charge in [0, 0.05) is 45.0 Å². The van der Waals surface area contributed by atoms with Crippen LogP contribution in [-0.2, 0) is 0 Å². The lowest BCUT2D eigenvalue weighted by molar-refractivity contribution is 0.704. The zero-order chi connectivity index (χ0) is 11.8. The molecule has 2 rings (SSSR count). The molecule has 0 amide bonds. The van der Waals surface area contributed by atoms with Gasteiger partial charge in [0.15, 0.2) is 0 Å². The van der Waals surface area contributed by atoms with Gasteiger partial charge in [-0.05, 0) is 12.8 Å². The highest BCUT2D eigenvalue weighted by molar-refractivity contribution is 8.07. The van der Waals surface area contributed by atoms with Gasteiger partial charge in [-0.3, -0.25) is 0 Å². The molecule has 1 saturated carbocycles. The lowest BCUT2D eigenvalue weighted by atomic mass is 10.2. The van der Waals surface area contributed by atoms with Gasteiger partial charge in [0.1, 0.15) is 0 Å². The highest BCUT2D eigenvalue weighted by Gasteiger charge is 2.24. The maximum absolute atomic E-state index is 2.28. The van der Waals surface area contributed by atoms with Crippen molar-refractivity contribution in [2.75, 3.05) is 34.5 Å². The van der Waals surface area contributed by atoms with Gasteiger partial charge in [-0.1, -0.05) is 19.3 Å². The summed E-state index contributed by atoms with van der Waals surface area (Å²) >= 11 is 8.90. The molecule has 0 unspecified atom stereocenters. The van der Waals surface area contributed by atoms with Crippen LogP contribution in [0.3, 0.4) is 0 Å². The van der Waals surface area contributed by atoms with Crippen molar-refractivity contribution in [2.45, 2.75) is 42.6 Å². The minimum Gasteiger partial charge on any atom is -0.160 e. The quantitative estimate of drug-likeness (QED) is 0.639. The summed E-state index contributed by atoms with van der Waals surface area (Å²) in [6, 6.07) is 0. The van der Waals surface area contributed by atoms with Gasteiger partial charge in [0.25, 0.3) is 0 Å². The van der Waals surface area contributed by atoms with Crippen LogP contribution in [0.1, 0.15) is 32.1 Å². The van der Waals surface area contributed by atoms with Crippen molar-refractivity contribution in [3.8, 4) is 0 Å². The molecule has 100 valence electrons. The molecule has 1 saturated heterocycles.